The van der Waals surface area contributed by atoms with Gasteiger partial charge in [-0.25, -0.2) is 15.0 Å². The van der Waals surface area contributed by atoms with E-state index >= 15 is 0 Å². The van der Waals surface area contributed by atoms with Crippen LogP contribution < -0.4 is 4.74 Å². The molecule has 0 atom stereocenters. The van der Waals surface area contributed by atoms with Crippen LogP contribution in [0.25, 0.3) is 66.2 Å². The van der Waals surface area contributed by atoms with E-state index in [4.69, 9.17) is 19.7 Å². The van der Waals surface area contributed by atoms with Crippen LogP contribution in [0.15, 0.2) is 113 Å². The summed E-state index contributed by atoms with van der Waals surface area (Å²) in [7, 11) is 0. The zero-order chi connectivity index (χ0) is 28.1. The molecule has 43 heavy (non-hydrogen) atoms. The first-order valence-corrected chi connectivity index (χ1v) is 14.5. The molecular formula is C36H22N6O. The maximum absolute atomic E-state index is 6.65. The van der Waals surface area contributed by atoms with E-state index in [1.165, 1.54) is 5.39 Å². The highest BCUT2D eigenvalue weighted by Gasteiger charge is 2.28. The molecule has 5 aromatic carbocycles. The molecule has 0 fully saturated rings. The molecule has 2 aliphatic heterocycles. The third kappa shape index (κ3) is 3.03. The molecule has 0 N–H and O–H groups in total. The highest BCUT2D eigenvalue weighted by atomic mass is 16.5. The van der Waals surface area contributed by atoms with Crippen LogP contribution in [0, 0.1) is 0 Å². The largest absolute Gasteiger partial charge is 0.453 e. The lowest BCUT2D eigenvalue weighted by atomic mass is 10.0. The number of benzene rings is 5. The number of nitrogens with zero attached hydrogens (tertiary/aromatic N) is 6. The first kappa shape index (κ1) is 22.8. The van der Waals surface area contributed by atoms with Crippen molar-refractivity contribution < 1.29 is 4.74 Å². The van der Waals surface area contributed by atoms with Crippen LogP contribution in [0.2, 0.25) is 0 Å². The second-order valence-electron chi connectivity index (χ2n) is 11.0. The molecule has 5 heterocycles. The van der Waals surface area contributed by atoms with Crippen molar-refractivity contribution in [3.63, 3.8) is 0 Å². The quantitative estimate of drug-likeness (QED) is 0.217. The smallest absolute Gasteiger partial charge is 0.235 e. The van der Waals surface area contributed by atoms with Gasteiger partial charge in [0.15, 0.2) is 17.3 Å². The SMILES string of the molecule is C1=NC(c2nc(-n3c4ccccc4c4c5c6ccccc6n6c5c(cc43)Oc3ccccc3-6)nc3ccccc23)=NCC1. The van der Waals surface area contributed by atoms with Crippen LogP contribution in [0.5, 0.6) is 11.5 Å². The summed E-state index contributed by atoms with van der Waals surface area (Å²) < 4.78 is 11.2. The van der Waals surface area contributed by atoms with Gasteiger partial charge in [-0.3, -0.25) is 9.56 Å². The molecule has 8 aromatic rings. The van der Waals surface area contributed by atoms with Crippen molar-refractivity contribution in [3.05, 3.63) is 109 Å². The van der Waals surface area contributed by atoms with Crippen LogP contribution in [-0.2, 0) is 0 Å². The minimum atomic E-state index is 0.579. The minimum absolute atomic E-state index is 0.579. The van der Waals surface area contributed by atoms with Gasteiger partial charge in [-0.15, -0.1) is 0 Å². The second kappa shape index (κ2) is 8.36. The minimum Gasteiger partial charge on any atom is -0.453 e. The van der Waals surface area contributed by atoms with Gasteiger partial charge in [-0.05, 0) is 30.3 Å². The molecule has 0 spiro atoms. The summed E-state index contributed by atoms with van der Waals surface area (Å²) in [5.41, 5.74) is 6.87. The van der Waals surface area contributed by atoms with Crippen molar-refractivity contribution in [1.29, 1.82) is 0 Å². The second-order valence-corrected chi connectivity index (χ2v) is 11.0. The topological polar surface area (TPSA) is 69.6 Å². The van der Waals surface area contributed by atoms with Crippen LogP contribution in [0.3, 0.4) is 0 Å². The zero-order valence-corrected chi connectivity index (χ0v) is 22.9. The Morgan fingerprint density at radius 2 is 1.35 bits per heavy atom. The maximum Gasteiger partial charge on any atom is 0.235 e. The molecule has 202 valence electrons. The van der Waals surface area contributed by atoms with Gasteiger partial charge >= 0.3 is 0 Å². The number of ether oxygens (including phenoxy) is 1. The number of para-hydroxylation sites is 5. The highest BCUT2D eigenvalue weighted by Crippen LogP contribution is 2.50. The maximum atomic E-state index is 6.65. The highest BCUT2D eigenvalue weighted by molar-refractivity contribution is 6.30. The van der Waals surface area contributed by atoms with Crippen LogP contribution in [-0.4, -0.2) is 37.7 Å². The molecule has 0 aliphatic carbocycles. The molecule has 0 bridgehead atoms. The summed E-state index contributed by atoms with van der Waals surface area (Å²) in [5.74, 6) is 2.86. The van der Waals surface area contributed by atoms with E-state index in [1.54, 1.807) is 0 Å². The van der Waals surface area contributed by atoms with Crippen molar-refractivity contribution in [2.24, 2.45) is 9.98 Å². The molecule has 0 saturated heterocycles. The fraction of sp³-hybridized carbons (Fsp3) is 0.0556. The Bertz CT molecular complexity index is 2550. The Morgan fingerprint density at radius 1 is 0.628 bits per heavy atom. The van der Waals surface area contributed by atoms with Crippen molar-refractivity contribution in [2.45, 2.75) is 6.42 Å². The number of rotatable bonds is 2. The summed E-state index contributed by atoms with van der Waals surface area (Å²) in [6, 6.07) is 35.6. The van der Waals surface area contributed by atoms with E-state index in [0.717, 1.165) is 78.4 Å². The molecule has 10 rings (SSSR count). The third-order valence-corrected chi connectivity index (χ3v) is 8.60. The van der Waals surface area contributed by atoms with E-state index < -0.39 is 0 Å². The Labute approximate surface area is 245 Å². The summed E-state index contributed by atoms with van der Waals surface area (Å²) in [5, 5.41) is 5.56. The van der Waals surface area contributed by atoms with Crippen molar-refractivity contribution in [3.8, 4) is 23.1 Å². The monoisotopic (exact) mass is 554 g/mol. The molecule has 7 heteroatoms. The van der Waals surface area contributed by atoms with Crippen LogP contribution >= 0.6 is 0 Å². The lowest BCUT2D eigenvalue weighted by Gasteiger charge is -2.21. The number of fused-ring (bicyclic) bond motifs is 10. The lowest BCUT2D eigenvalue weighted by molar-refractivity contribution is 0.477. The Hall–Kier alpha value is -5.82. The van der Waals surface area contributed by atoms with Gasteiger partial charge in [0.25, 0.3) is 0 Å². The molecule has 2 aliphatic rings. The van der Waals surface area contributed by atoms with E-state index in [-0.39, 0.29) is 0 Å². The van der Waals surface area contributed by atoms with E-state index in [1.807, 2.05) is 42.6 Å². The predicted molar refractivity (Wildman–Crippen MR) is 173 cm³/mol. The lowest BCUT2D eigenvalue weighted by Crippen LogP contribution is -2.12. The van der Waals surface area contributed by atoms with Crippen molar-refractivity contribution in [2.75, 3.05) is 6.54 Å². The van der Waals surface area contributed by atoms with Crippen molar-refractivity contribution >= 4 is 66.6 Å². The molecule has 0 amide bonds. The Morgan fingerprint density at radius 3 is 2.19 bits per heavy atom. The standard InChI is InChI=1S/C36H22N6O/c1-4-13-24-21(10-1)33(35-37-18-9-19-38-35)40-36(39-24)42-26-15-6-2-11-22(26)31-28(42)20-30-34-32(31)23-12-3-5-14-25(23)41(34)27-16-7-8-17-29(27)43-30/h1-8,10-18,20H,9,19H2. The van der Waals surface area contributed by atoms with Gasteiger partial charge in [-0.2, -0.15) is 0 Å². The van der Waals surface area contributed by atoms with Gasteiger partial charge in [0.1, 0.15) is 5.69 Å². The van der Waals surface area contributed by atoms with Gasteiger partial charge in [0.05, 0.1) is 33.3 Å². The predicted octanol–water partition coefficient (Wildman–Crippen LogP) is 8.15. The van der Waals surface area contributed by atoms with Gasteiger partial charge < -0.3 is 9.30 Å². The first-order chi connectivity index (χ1) is 21.3. The Balaban J connectivity index is 1.39. The van der Waals surface area contributed by atoms with Crippen molar-refractivity contribution in [1.82, 2.24) is 19.1 Å². The molecule has 0 unspecified atom stereocenters. The summed E-state index contributed by atoms with van der Waals surface area (Å²) in [6.45, 7) is 0.700. The van der Waals surface area contributed by atoms with Gasteiger partial charge in [0, 0.05) is 52.2 Å². The fourth-order valence-electron chi connectivity index (χ4n) is 6.86. The van der Waals surface area contributed by atoms with Gasteiger partial charge in [-0.1, -0.05) is 66.7 Å². The summed E-state index contributed by atoms with van der Waals surface area (Å²) in [6.07, 6.45) is 2.76. The first-order valence-electron chi connectivity index (χ1n) is 14.5. The normalized spacial score (nSPS) is 14.1. The fourth-order valence-corrected chi connectivity index (χ4v) is 6.86. The average Bonchev–Trinajstić information content (AvgIpc) is 3.59. The zero-order valence-electron chi connectivity index (χ0n) is 22.9. The number of hydrogen-bond acceptors (Lipinski definition) is 5. The third-order valence-electron chi connectivity index (χ3n) is 8.60. The van der Waals surface area contributed by atoms with E-state index in [0.29, 0.717) is 18.3 Å². The molecular weight excluding hydrogens is 532 g/mol. The Kier molecular flexibility index (Phi) is 4.44. The number of amidine groups is 1. The van der Waals surface area contributed by atoms with Crippen LogP contribution in [0.1, 0.15) is 12.1 Å². The number of aliphatic imine (C=N–C) groups is 2. The molecule has 3 aromatic heterocycles. The molecule has 0 saturated carbocycles. The van der Waals surface area contributed by atoms with Crippen LogP contribution in [0.4, 0.5) is 0 Å². The van der Waals surface area contributed by atoms with E-state index in [9.17, 15) is 0 Å². The number of hydrogen-bond donors (Lipinski definition) is 0. The number of aromatic nitrogens is 4. The average molecular weight is 555 g/mol. The molecule has 0 radical (unpaired) electrons. The summed E-state index contributed by atoms with van der Waals surface area (Å²) >= 11 is 0. The van der Waals surface area contributed by atoms with Gasteiger partial charge in [0.2, 0.25) is 5.95 Å². The summed E-state index contributed by atoms with van der Waals surface area (Å²) in [4.78, 5) is 19.7. The molecule has 7 nitrogen and oxygen atoms in total. The van der Waals surface area contributed by atoms with E-state index in [2.05, 4.69) is 80.9 Å².